The van der Waals surface area contributed by atoms with Crippen LogP contribution in [0.4, 0.5) is 11.4 Å². The van der Waals surface area contributed by atoms with Gasteiger partial charge in [-0.15, -0.1) is 0 Å². The summed E-state index contributed by atoms with van der Waals surface area (Å²) in [6, 6.07) is 5.65. The third kappa shape index (κ3) is 3.38. The lowest BCUT2D eigenvalue weighted by molar-refractivity contribution is -0.125. The molecule has 1 fully saturated rings. The Morgan fingerprint density at radius 3 is 2.84 bits per heavy atom. The number of nitrogen functional groups attached to an aromatic ring is 2. The van der Waals surface area contributed by atoms with Gasteiger partial charge in [-0.3, -0.25) is 9.69 Å². The number of likely N-dealkylation sites (N-methyl/N-ethyl adjacent to an activating group) is 1. The summed E-state index contributed by atoms with van der Waals surface area (Å²) < 4.78 is 0. The number of nitrogens with two attached hydrogens (primary N) is 2. The van der Waals surface area contributed by atoms with Crippen molar-refractivity contribution < 1.29 is 4.79 Å². The van der Waals surface area contributed by atoms with Crippen LogP contribution in [0.1, 0.15) is 18.4 Å². The van der Waals surface area contributed by atoms with Crippen LogP contribution in [-0.2, 0) is 11.2 Å². The molecule has 0 bridgehead atoms. The Labute approximate surface area is 113 Å². The van der Waals surface area contributed by atoms with Crippen molar-refractivity contribution in [2.45, 2.75) is 25.3 Å². The summed E-state index contributed by atoms with van der Waals surface area (Å²) in [5.41, 5.74) is 13.7. The van der Waals surface area contributed by atoms with Gasteiger partial charge in [-0.05, 0) is 50.6 Å². The Morgan fingerprint density at radius 1 is 1.42 bits per heavy atom. The number of carbonyl (C=O) groups excluding carboxylic acids is 1. The Morgan fingerprint density at radius 2 is 2.21 bits per heavy atom. The van der Waals surface area contributed by atoms with Crippen LogP contribution in [0.2, 0.25) is 0 Å². The summed E-state index contributed by atoms with van der Waals surface area (Å²) in [6.07, 6.45) is 2.83. The van der Waals surface area contributed by atoms with E-state index in [0.717, 1.165) is 31.4 Å². The molecule has 5 N–H and O–H groups in total. The molecule has 0 saturated carbocycles. The number of amides is 1. The summed E-state index contributed by atoms with van der Waals surface area (Å²) in [5, 5.41) is 2.98. The SMILES string of the molecule is CN1CCCC1C(=O)NCCc1ccc(N)c(N)c1. The van der Waals surface area contributed by atoms with Crippen molar-refractivity contribution in [2.24, 2.45) is 0 Å². The average Bonchev–Trinajstić information content (AvgIpc) is 2.80. The van der Waals surface area contributed by atoms with Gasteiger partial charge >= 0.3 is 0 Å². The molecule has 1 aromatic carbocycles. The molecular weight excluding hydrogens is 240 g/mol. The summed E-state index contributed by atoms with van der Waals surface area (Å²) in [5.74, 6) is 0.128. The van der Waals surface area contributed by atoms with E-state index in [4.69, 9.17) is 11.5 Å². The maximum atomic E-state index is 12.0. The van der Waals surface area contributed by atoms with Crippen LogP contribution in [-0.4, -0.2) is 37.0 Å². The molecule has 0 aromatic heterocycles. The second kappa shape index (κ2) is 5.93. The summed E-state index contributed by atoms with van der Waals surface area (Å²) in [7, 11) is 2.00. The van der Waals surface area contributed by atoms with Crippen molar-refractivity contribution in [2.75, 3.05) is 31.6 Å². The minimum absolute atomic E-state index is 0.0384. The molecule has 1 amide bonds. The smallest absolute Gasteiger partial charge is 0.237 e. The van der Waals surface area contributed by atoms with Crippen LogP contribution < -0.4 is 16.8 Å². The third-order valence-corrected chi connectivity index (χ3v) is 3.69. The van der Waals surface area contributed by atoms with E-state index in [1.54, 1.807) is 6.07 Å². The zero-order chi connectivity index (χ0) is 13.8. The first-order valence-electron chi connectivity index (χ1n) is 6.70. The highest BCUT2D eigenvalue weighted by molar-refractivity contribution is 5.82. The van der Waals surface area contributed by atoms with Gasteiger partial charge in [0.05, 0.1) is 17.4 Å². The summed E-state index contributed by atoms with van der Waals surface area (Å²) in [4.78, 5) is 14.1. The predicted octanol–water partition coefficient (Wildman–Crippen LogP) is 0.604. The monoisotopic (exact) mass is 262 g/mol. The molecular formula is C14H22N4O. The molecule has 1 aliphatic rings. The van der Waals surface area contributed by atoms with Crippen LogP contribution in [0.5, 0.6) is 0 Å². The first-order chi connectivity index (χ1) is 9.08. The highest BCUT2D eigenvalue weighted by Crippen LogP contribution is 2.16. The Hall–Kier alpha value is -1.75. The van der Waals surface area contributed by atoms with Gasteiger partial charge in [0.25, 0.3) is 0 Å². The second-order valence-electron chi connectivity index (χ2n) is 5.14. The number of nitrogens with zero attached hydrogens (tertiary/aromatic N) is 1. The fraction of sp³-hybridized carbons (Fsp3) is 0.500. The quantitative estimate of drug-likeness (QED) is 0.694. The normalized spacial score (nSPS) is 19.5. The standard InChI is InChI=1S/C14H22N4O/c1-18-8-2-3-13(18)14(19)17-7-6-10-4-5-11(15)12(16)9-10/h4-5,9,13H,2-3,6-8,15-16H2,1H3,(H,17,19). The van der Waals surface area contributed by atoms with Crippen molar-refractivity contribution in [3.05, 3.63) is 23.8 Å². The van der Waals surface area contributed by atoms with Crippen LogP contribution in [0.15, 0.2) is 18.2 Å². The van der Waals surface area contributed by atoms with Gasteiger partial charge in [-0.25, -0.2) is 0 Å². The molecule has 19 heavy (non-hydrogen) atoms. The Balaban J connectivity index is 1.79. The maximum Gasteiger partial charge on any atom is 0.237 e. The number of anilines is 2. The summed E-state index contributed by atoms with van der Waals surface area (Å²) in [6.45, 7) is 1.64. The van der Waals surface area contributed by atoms with Crippen molar-refractivity contribution >= 4 is 17.3 Å². The lowest BCUT2D eigenvalue weighted by atomic mass is 10.1. The zero-order valence-electron chi connectivity index (χ0n) is 11.4. The molecule has 1 unspecified atom stereocenters. The van der Waals surface area contributed by atoms with E-state index in [9.17, 15) is 4.79 Å². The molecule has 1 atom stereocenters. The minimum Gasteiger partial charge on any atom is -0.397 e. The molecule has 104 valence electrons. The average molecular weight is 262 g/mol. The Kier molecular flexibility index (Phi) is 4.27. The van der Waals surface area contributed by atoms with E-state index in [-0.39, 0.29) is 11.9 Å². The van der Waals surface area contributed by atoms with Crippen molar-refractivity contribution in [3.8, 4) is 0 Å². The molecule has 0 aliphatic carbocycles. The Bertz CT molecular complexity index is 461. The van der Waals surface area contributed by atoms with E-state index in [2.05, 4.69) is 10.2 Å². The van der Waals surface area contributed by atoms with E-state index in [1.807, 2.05) is 19.2 Å². The molecule has 0 radical (unpaired) electrons. The zero-order valence-corrected chi connectivity index (χ0v) is 11.4. The predicted molar refractivity (Wildman–Crippen MR) is 77.6 cm³/mol. The summed E-state index contributed by atoms with van der Waals surface area (Å²) >= 11 is 0. The van der Waals surface area contributed by atoms with E-state index < -0.39 is 0 Å². The molecule has 5 heteroatoms. The van der Waals surface area contributed by atoms with Crippen LogP contribution in [0.3, 0.4) is 0 Å². The molecule has 5 nitrogen and oxygen atoms in total. The number of carbonyl (C=O) groups is 1. The first kappa shape index (κ1) is 13.7. The van der Waals surface area contributed by atoms with Gasteiger partial charge in [0, 0.05) is 6.54 Å². The van der Waals surface area contributed by atoms with Gasteiger partial charge in [-0.2, -0.15) is 0 Å². The molecule has 2 rings (SSSR count). The lowest BCUT2D eigenvalue weighted by Gasteiger charge is -2.18. The first-order valence-corrected chi connectivity index (χ1v) is 6.70. The van der Waals surface area contributed by atoms with Crippen molar-refractivity contribution in [1.29, 1.82) is 0 Å². The van der Waals surface area contributed by atoms with E-state index >= 15 is 0 Å². The highest BCUT2D eigenvalue weighted by Gasteiger charge is 2.27. The van der Waals surface area contributed by atoms with Gasteiger partial charge in [0.2, 0.25) is 5.91 Å². The number of hydrogen-bond donors (Lipinski definition) is 3. The minimum atomic E-state index is 0.0384. The number of likely N-dealkylation sites (tertiary alicyclic amines) is 1. The maximum absolute atomic E-state index is 12.0. The third-order valence-electron chi connectivity index (χ3n) is 3.69. The molecule has 0 spiro atoms. The fourth-order valence-corrected chi connectivity index (χ4v) is 2.47. The largest absolute Gasteiger partial charge is 0.397 e. The van der Waals surface area contributed by atoms with E-state index in [0.29, 0.717) is 17.9 Å². The highest BCUT2D eigenvalue weighted by atomic mass is 16.2. The number of hydrogen-bond acceptors (Lipinski definition) is 4. The van der Waals surface area contributed by atoms with Crippen LogP contribution in [0, 0.1) is 0 Å². The number of benzene rings is 1. The van der Waals surface area contributed by atoms with Gasteiger partial charge < -0.3 is 16.8 Å². The number of nitrogens with one attached hydrogen (secondary N) is 1. The van der Waals surface area contributed by atoms with Gasteiger partial charge in [0.1, 0.15) is 0 Å². The molecule has 1 heterocycles. The molecule has 1 aliphatic heterocycles. The molecule has 1 aromatic rings. The topological polar surface area (TPSA) is 84.4 Å². The van der Waals surface area contributed by atoms with E-state index in [1.165, 1.54) is 0 Å². The van der Waals surface area contributed by atoms with Crippen LogP contribution >= 0.6 is 0 Å². The lowest BCUT2D eigenvalue weighted by Crippen LogP contribution is -2.42. The van der Waals surface area contributed by atoms with Crippen molar-refractivity contribution in [1.82, 2.24) is 10.2 Å². The molecule has 1 saturated heterocycles. The fourth-order valence-electron chi connectivity index (χ4n) is 2.47. The number of rotatable bonds is 4. The van der Waals surface area contributed by atoms with Gasteiger partial charge in [-0.1, -0.05) is 6.07 Å². The second-order valence-corrected chi connectivity index (χ2v) is 5.14. The van der Waals surface area contributed by atoms with Gasteiger partial charge in [0.15, 0.2) is 0 Å². The van der Waals surface area contributed by atoms with Crippen LogP contribution in [0.25, 0.3) is 0 Å². The van der Waals surface area contributed by atoms with Crippen molar-refractivity contribution in [3.63, 3.8) is 0 Å².